The number of esters is 2. The molecular weight excluding hydrogens is 978 g/mol. The number of rotatable bonds is 20. The van der Waals surface area contributed by atoms with Crippen molar-refractivity contribution in [3.05, 3.63) is 129 Å². The first-order chi connectivity index (χ1) is 33.5. The number of fused-ring (bicyclic) bond motifs is 1. The van der Waals surface area contributed by atoms with Crippen LogP contribution in [0.3, 0.4) is 0 Å². The highest BCUT2D eigenvalue weighted by Gasteiger charge is 2.34. The van der Waals surface area contributed by atoms with Crippen LogP contribution in [0, 0.1) is 21.7 Å². The Hall–Kier alpha value is -3.93. The average Bonchev–Trinajstić information content (AvgIpc) is 3.56. The number of benzene rings is 4. The van der Waals surface area contributed by atoms with Gasteiger partial charge in [0.1, 0.15) is 5.78 Å². The number of hydrogen-bond acceptors (Lipinski definition) is 9. The van der Waals surface area contributed by atoms with Crippen molar-refractivity contribution in [1.29, 1.82) is 0 Å². The van der Waals surface area contributed by atoms with Gasteiger partial charge in [-0.25, -0.2) is 5.84 Å². The Morgan fingerprint density at radius 2 is 1.14 bits per heavy atom. The largest absolute Gasteiger partial charge is 0.466 e. The molecule has 5 aromatic rings. The molecule has 5 rings (SSSR count). The van der Waals surface area contributed by atoms with E-state index >= 15 is 0 Å². The summed E-state index contributed by atoms with van der Waals surface area (Å²) < 4.78 is 12.8. The predicted octanol–water partition coefficient (Wildman–Crippen LogP) is 16.4. The van der Waals surface area contributed by atoms with E-state index in [4.69, 9.17) is 38.5 Å². The van der Waals surface area contributed by atoms with Gasteiger partial charge in [0.25, 0.3) is 0 Å². The zero-order valence-corrected chi connectivity index (χ0v) is 49.4. The van der Waals surface area contributed by atoms with Gasteiger partial charge in [-0.1, -0.05) is 135 Å². The van der Waals surface area contributed by atoms with E-state index in [0.29, 0.717) is 43.8 Å². The maximum atomic E-state index is 12.9. The Balaban J connectivity index is 0.000000313. The molecule has 1 heterocycles. The van der Waals surface area contributed by atoms with Crippen molar-refractivity contribution in [3.63, 3.8) is 0 Å². The van der Waals surface area contributed by atoms with Crippen LogP contribution in [-0.2, 0) is 43.4 Å². The van der Waals surface area contributed by atoms with E-state index in [0.717, 1.165) is 39.3 Å². The predicted molar refractivity (Wildman–Crippen MR) is 310 cm³/mol. The van der Waals surface area contributed by atoms with Crippen LogP contribution in [0.25, 0.3) is 10.9 Å². The fourth-order valence-electron chi connectivity index (χ4n) is 7.49. The number of Topliss-reactive ketones (excluding diaryl/α,β-unsaturated/α-hetero) is 1. The van der Waals surface area contributed by atoms with Crippen molar-refractivity contribution in [2.75, 3.05) is 35.5 Å². The standard InChI is InChI=1S/C30H40ClNO2S.C16H19ClN2.C14H26O3S/c1-9-34-28(33)30(7,8)17-26-27(35-19-29(4,5)6)24-16-22(20(2)3)12-15-25(24)32(26)18-21-10-13-23(31)14-11-21;1-12(2)14-5-9-16(10-6-14)19(18)11-13-3-7-15(17)8-4-13;1-7-17-12(16)14(5,6)8-11(15)9-18-10-13(2,3)4/h10-16,20H,9,17-19H2,1-8H3;3-10,12H,11,18H2,1-2H3;7-10H2,1-6H3. The number of hydrogen-bond donors (Lipinski definition) is 1. The normalized spacial score (nSPS) is 12.0. The number of hydrazine groups is 1. The Bertz CT molecular complexity index is 2480. The molecule has 0 aliphatic heterocycles. The molecule has 0 spiro atoms. The SMILES string of the molecule is CC(C)c1ccc(N(N)Cc2ccc(Cl)cc2)cc1.CCOC(=O)C(C)(C)CC(=O)CSCC(C)(C)C.CCOC(=O)C(C)(C)Cc1c(SCC(C)(C)C)c2cc(C(C)C)ccc2n1Cc1ccc(Cl)cc1. The summed E-state index contributed by atoms with van der Waals surface area (Å²) in [7, 11) is 0. The third kappa shape index (κ3) is 20.8. The quantitative estimate of drug-likeness (QED) is 0.0353. The van der Waals surface area contributed by atoms with E-state index in [1.165, 1.54) is 38.2 Å². The van der Waals surface area contributed by atoms with Gasteiger partial charge in [0.2, 0.25) is 0 Å². The first kappa shape index (κ1) is 62.4. The molecule has 0 aliphatic rings. The number of carbonyl (C=O) groups is 3. The number of halogens is 2. The summed E-state index contributed by atoms with van der Waals surface area (Å²) in [6, 6.07) is 31.0. The van der Waals surface area contributed by atoms with Gasteiger partial charge in [-0.05, 0) is 141 Å². The van der Waals surface area contributed by atoms with Gasteiger partial charge >= 0.3 is 11.9 Å². The maximum absolute atomic E-state index is 12.9. The molecule has 0 saturated carbocycles. The third-order valence-electron chi connectivity index (χ3n) is 11.6. The zero-order valence-electron chi connectivity index (χ0n) is 46.3. The first-order valence-corrected chi connectivity index (χ1v) is 28.2. The van der Waals surface area contributed by atoms with E-state index < -0.39 is 10.8 Å². The van der Waals surface area contributed by atoms with Gasteiger partial charge in [-0.3, -0.25) is 14.4 Å². The van der Waals surface area contributed by atoms with Crippen LogP contribution in [0.4, 0.5) is 5.69 Å². The molecule has 0 aliphatic carbocycles. The monoisotopic (exact) mass is 1060 g/mol. The molecule has 0 unspecified atom stereocenters. The first-order valence-electron chi connectivity index (χ1n) is 25.3. The molecular formula is C60H85Cl2N3O5S2. The summed E-state index contributed by atoms with van der Waals surface area (Å²) in [4.78, 5) is 37.7. The molecule has 0 fully saturated rings. The summed E-state index contributed by atoms with van der Waals surface area (Å²) in [5.41, 5.74) is 7.44. The van der Waals surface area contributed by atoms with Crippen molar-refractivity contribution in [2.45, 2.75) is 153 Å². The van der Waals surface area contributed by atoms with E-state index in [9.17, 15) is 14.4 Å². The molecule has 396 valence electrons. The minimum absolute atomic E-state index is 0.113. The second-order valence-corrected chi connectivity index (χ2v) is 25.8. The average molecular weight is 1060 g/mol. The van der Waals surface area contributed by atoms with Gasteiger partial charge in [-0.2, -0.15) is 11.8 Å². The fraction of sp³-hybridized carbons (Fsp3) is 0.517. The Kier molecular flexibility index (Phi) is 24.3. The lowest BCUT2D eigenvalue weighted by atomic mass is 9.87. The van der Waals surface area contributed by atoms with Crippen LogP contribution in [0.2, 0.25) is 10.0 Å². The maximum Gasteiger partial charge on any atom is 0.311 e. The molecule has 2 N–H and O–H groups in total. The Morgan fingerprint density at radius 1 is 0.653 bits per heavy atom. The topological polar surface area (TPSA) is 104 Å². The second-order valence-electron chi connectivity index (χ2n) is 22.9. The number of nitrogens with two attached hydrogens (primary N) is 1. The number of aromatic nitrogens is 1. The number of anilines is 1. The van der Waals surface area contributed by atoms with Crippen LogP contribution < -0.4 is 10.9 Å². The van der Waals surface area contributed by atoms with Crippen molar-refractivity contribution >= 4 is 81.0 Å². The smallest absolute Gasteiger partial charge is 0.311 e. The molecule has 4 aromatic carbocycles. The van der Waals surface area contributed by atoms with E-state index in [-0.39, 0.29) is 35.0 Å². The van der Waals surface area contributed by atoms with Gasteiger partial charge in [0.15, 0.2) is 0 Å². The minimum atomic E-state index is -0.713. The molecule has 0 atom stereocenters. The molecule has 0 bridgehead atoms. The highest BCUT2D eigenvalue weighted by molar-refractivity contribution is 8.00. The molecule has 8 nitrogen and oxygen atoms in total. The van der Waals surface area contributed by atoms with Gasteiger partial charge in [-0.15, -0.1) is 11.8 Å². The van der Waals surface area contributed by atoms with Gasteiger partial charge in [0, 0.05) is 56.7 Å². The minimum Gasteiger partial charge on any atom is -0.466 e. The van der Waals surface area contributed by atoms with E-state index in [2.05, 4.69) is 128 Å². The third-order valence-corrected chi connectivity index (χ3v) is 15.4. The number of thioether (sulfide) groups is 2. The van der Waals surface area contributed by atoms with Crippen molar-refractivity contribution in [2.24, 2.45) is 27.5 Å². The van der Waals surface area contributed by atoms with Crippen LogP contribution in [-0.4, -0.2) is 52.8 Å². The lowest BCUT2D eigenvalue weighted by Gasteiger charge is -2.25. The highest BCUT2D eigenvalue weighted by atomic mass is 35.5. The summed E-state index contributed by atoms with van der Waals surface area (Å²) in [6.07, 6.45) is 0.862. The lowest BCUT2D eigenvalue weighted by molar-refractivity contribution is -0.155. The fourth-order valence-corrected chi connectivity index (χ4v) is 10.0. The van der Waals surface area contributed by atoms with Gasteiger partial charge in [0.05, 0.1) is 42.0 Å². The summed E-state index contributed by atoms with van der Waals surface area (Å²) in [5, 5.41) is 4.49. The molecule has 1 aromatic heterocycles. The van der Waals surface area contributed by atoms with E-state index in [1.54, 1.807) is 37.5 Å². The number of ether oxygens (including phenoxy) is 2. The highest BCUT2D eigenvalue weighted by Crippen LogP contribution is 2.42. The molecule has 0 saturated heterocycles. The van der Waals surface area contributed by atoms with Crippen LogP contribution in [0.5, 0.6) is 0 Å². The second kappa shape index (κ2) is 28.1. The molecule has 12 heteroatoms. The molecule has 0 radical (unpaired) electrons. The summed E-state index contributed by atoms with van der Waals surface area (Å²) in [6.45, 7) is 35.4. The van der Waals surface area contributed by atoms with Crippen LogP contribution >= 0.6 is 46.7 Å². The van der Waals surface area contributed by atoms with Crippen molar-refractivity contribution in [3.8, 4) is 0 Å². The number of carbonyl (C=O) groups excluding carboxylic acids is 3. The summed E-state index contributed by atoms with van der Waals surface area (Å²) >= 11 is 15.6. The van der Waals surface area contributed by atoms with Gasteiger partial charge < -0.3 is 19.0 Å². The zero-order chi connectivity index (χ0) is 54.2. The van der Waals surface area contributed by atoms with Crippen molar-refractivity contribution < 1.29 is 23.9 Å². The molecule has 0 amide bonds. The number of nitrogens with zero attached hydrogens (tertiary/aromatic N) is 2. The van der Waals surface area contributed by atoms with Crippen molar-refractivity contribution in [1.82, 2.24) is 4.57 Å². The van der Waals surface area contributed by atoms with E-state index in [1.807, 2.05) is 68.9 Å². The molecule has 72 heavy (non-hydrogen) atoms. The lowest BCUT2D eigenvalue weighted by Crippen LogP contribution is -2.30. The van der Waals surface area contributed by atoms with Crippen LogP contribution in [0.15, 0.2) is 95.9 Å². The number of ketones is 1. The Morgan fingerprint density at radius 3 is 1.62 bits per heavy atom. The summed E-state index contributed by atoms with van der Waals surface area (Å²) in [5.74, 6) is 9.15. The Labute approximate surface area is 452 Å². The van der Waals surface area contributed by atoms with Crippen LogP contribution in [0.1, 0.15) is 157 Å².